The van der Waals surface area contributed by atoms with Crippen molar-refractivity contribution in [1.82, 2.24) is 10.3 Å². The third-order valence-corrected chi connectivity index (χ3v) is 2.30. The van der Waals surface area contributed by atoms with Crippen molar-refractivity contribution in [2.75, 3.05) is 12.3 Å². The number of aliphatic hydroxyl groups is 1. The van der Waals surface area contributed by atoms with E-state index >= 15 is 0 Å². The summed E-state index contributed by atoms with van der Waals surface area (Å²) in [4.78, 5) is 15.5. The van der Waals surface area contributed by atoms with Gasteiger partial charge in [-0.05, 0) is 18.1 Å². The zero-order valence-electron chi connectivity index (χ0n) is 9.47. The monoisotopic (exact) mass is 223 g/mol. The van der Waals surface area contributed by atoms with Gasteiger partial charge >= 0.3 is 0 Å². The van der Waals surface area contributed by atoms with Gasteiger partial charge in [-0.25, -0.2) is 4.98 Å². The van der Waals surface area contributed by atoms with E-state index in [0.29, 0.717) is 5.69 Å². The summed E-state index contributed by atoms with van der Waals surface area (Å²) in [6.45, 7) is 3.96. The van der Waals surface area contributed by atoms with E-state index in [9.17, 15) is 9.90 Å². The SMILES string of the molecule is CC(C)C(O)CNC(=O)c1ncccc1N. The molecule has 0 aliphatic rings. The van der Waals surface area contributed by atoms with E-state index in [-0.39, 0.29) is 24.1 Å². The molecule has 1 heterocycles. The summed E-state index contributed by atoms with van der Waals surface area (Å²) in [6.07, 6.45) is 0.943. The molecule has 1 aromatic rings. The van der Waals surface area contributed by atoms with E-state index in [4.69, 9.17) is 5.73 Å². The van der Waals surface area contributed by atoms with Crippen molar-refractivity contribution in [2.24, 2.45) is 5.92 Å². The van der Waals surface area contributed by atoms with Gasteiger partial charge in [0.05, 0.1) is 11.8 Å². The molecule has 1 amide bonds. The van der Waals surface area contributed by atoms with E-state index in [2.05, 4.69) is 10.3 Å². The van der Waals surface area contributed by atoms with Crippen LogP contribution in [-0.2, 0) is 0 Å². The minimum atomic E-state index is -0.561. The second-order valence-corrected chi connectivity index (χ2v) is 3.96. The molecule has 1 aromatic heterocycles. The van der Waals surface area contributed by atoms with Crippen molar-refractivity contribution >= 4 is 11.6 Å². The lowest BCUT2D eigenvalue weighted by atomic mass is 10.1. The maximum atomic E-state index is 11.6. The van der Waals surface area contributed by atoms with Crippen molar-refractivity contribution in [2.45, 2.75) is 20.0 Å². The van der Waals surface area contributed by atoms with Gasteiger partial charge in [-0.1, -0.05) is 13.8 Å². The van der Waals surface area contributed by atoms with Crippen LogP contribution in [0.15, 0.2) is 18.3 Å². The van der Waals surface area contributed by atoms with Gasteiger partial charge in [0.15, 0.2) is 5.69 Å². The van der Waals surface area contributed by atoms with Crippen LogP contribution in [0.5, 0.6) is 0 Å². The number of aliphatic hydroxyl groups excluding tert-OH is 1. The Bertz CT molecular complexity index is 366. The third-order valence-electron chi connectivity index (χ3n) is 2.30. The predicted octanol–water partition coefficient (Wildman–Crippen LogP) is 0.410. The minimum absolute atomic E-state index is 0.0985. The number of pyridine rings is 1. The molecule has 0 radical (unpaired) electrons. The number of nitrogens with two attached hydrogens (primary N) is 1. The Morgan fingerprint density at radius 3 is 2.88 bits per heavy atom. The zero-order valence-corrected chi connectivity index (χ0v) is 9.47. The highest BCUT2D eigenvalue weighted by molar-refractivity contribution is 5.96. The molecule has 0 saturated heterocycles. The average Bonchev–Trinajstić information content (AvgIpc) is 2.25. The Kier molecular flexibility index (Phi) is 4.25. The normalized spacial score (nSPS) is 12.5. The van der Waals surface area contributed by atoms with Gasteiger partial charge in [0.25, 0.3) is 5.91 Å². The van der Waals surface area contributed by atoms with E-state index in [0.717, 1.165) is 0 Å². The highest BCUT2D eigenvalue weighted by Gasteiger charge is 2.14. The molecule has 0 saturated carbocycles. The smallest absolute Gasteiger partial charge is 0.272 e. The van der Waals surface area contributed by atoms with Crippen LogP contribution in [-0.4, -0.2) is 28.6 Å². The highest BCUT2D eigenvalue weighted by atomic mass is 16.3. The van der Waals surface area contributed by atoms with Gasteiger partial charge in [0.2, 0.25) is 0 Å². The second-order valence-electron chi connectivity index (χ2n) is 3.96. The van der Waals surface area contributed by atoms with E-state index in [1.807, 2.05) is 13.8 Å². The van der Waals surface area contributed by atoms with E-state index < -0.39 is 6.10 Å². The summed E-state index contributed by atoms with van der Waals surface area (Å²) in [5.41, 5.74) is 6.13. The molecule has 16 heavy (non-hydrogen) atoms. The van der Waals surface area contributed by atoms with Gasteiger partial charge in [-0.15, -0.1) is 0 Å². The minimum Gasteiger partial charge on any atom is -0.397 e. The van der Waals surface area contributed by atoms with Crippen molar-refractivity contribution in [3.05, 3.63) is 24.0 Å². The van der Waals surface area contributed by atoms with Gasteiger partial charge in [-0.3, -0.25) is 4.79 Å². The summed E-state index contributed by atoms with van der Waals surface area (Å²) >= 11 is 0. The Hall–Kier alpha value is -1.62. The largest absolute Gasteiger partial charge is 0.397 e. The molecule has 5 nitrogen and oxygen atoms in total. The van der Waals surface area contributed by atoms with Crippen LogP contribution < -0.4 is 11.1 Å². The molecule has 5 heteroatoms. The fraction of sp³-hybridized carbons (Fsp3) is 0.455. The number of nitrogens with one attached hydrogen (secondary N) is 1. The van der Waals surface area contributed by atoms with Gasteiger partial charge in [-0.2, -0.15) is 0 Å². The van der Waals surface area contributed by atoms with Crippen LogP contribution in [0.4, 0.5) is 5.69 Å². The molecule has 88 valence electrons. The van der Waals surface area contributed by atoms with Crippen LogP contribution in [0, 0.1) is 5.92 Å². The molecule has 4 N–H and O–H groups in total. The number of hydrogen-bond donors (Lipinski definition) is 3. The Labute approximate surface area is 94.7 Å². The van der Waals surface area contributed by atoms with Crippen molar-refractivity contribution in [1.29, 1.82) is 0 Å². The fourth-order valence-corrected chi connectivity index (χ4v) is 1.12. The molecular formula is C11H17N3O2. The zero-order chi connectivity index (χ0) is 12.1. The topological polar surface area (TPSA) is 88.2 Å². The predicted molar refractivity (Wildman–Crippen MR) is 61.8 cm³/mol. The number of nitrogens with zero attached hydrogens (tertiary/aromatic N) is 1. The van der Waals surface area contributed by atoms with Gasteiger partial charge in [0.1, 0.15) is 0 Å². The first kappa shape index (κ1) is 12.4. The number of aromatic nitrogens is 1. The molecule has 0 aliphatic carbocycles. The summed E-state index contributed by atoms with van der Waals surface area (Å²) < 4.78 is 0. The molecule has 1 unspecified atom stereocenters. The molecule has 0 bridgehead atoms. The standard InChI is InChI=1S/C11H17N3O2/c1-7(2)9(15)6-14-11(16)10-8(12)4-3-5-13-10/h3-5,7,9,15H,6,12H2,1-2H3,(H,14,16). The highest BCUT2D eigenvalue weighted by Crippen LogP contribution is 2.06. The average molecular weight is 223 g/mol. The van der Waals surface area contributed by atoms with Crippen LogP contribution in [0.25, 0.3) is 0 Å². The molecule has 0 aromatic carbocycles. The fourth-order valence-electron chi connectivity index (χ4n) is 1.12. The summed E-state index contributed by atoms with van der Waals surface area (Å²) in [5.74, 6) is -0.265. The van der Waals surface area contributed by atoms with Crippen LogP contribution in [0.3, 0.4) is 0 Å². The maximum absolute atomic E-state index is 11.6. The first-order valence-corrected chi connectivity index (χ1v) is 5.19. The molecule has 1 atom stereocenters. The lowest BCUT2D eigenvalue weighted by Gasteiger charge is -2.15. The molecule has 0 aliphatic heterocycles. The van der Waals surface area contributed by atoms with E-state index in [1.165, 1.54) is 6.20 Å². The van der Waals surface area contributed by atoms with Crippen LogP contribution in [0.2, 0.25) is 0 Å². The number of rotatable bonds is 4. The van der Waals surface area contributed by atoms with Gasteiger partial charge in [0, 0.05) is 12.7 Å². The van der Waals surface area contributed by atoms with Gasteiger partial charge < -0.3 is 16.2 Å². The summed E-state index contributed by atoms with van der Waals surface area (Å²) in [6, 6.07) is 3.27. The van der Waals surface area contributed by atoms with Crippen molar-refractivity contribution in [3.63, 3.8) is 0 Å². The van der Waals surface area contributed by atoms with Crippen LogP contribution >= 0.6 is 0 Å². The number of hydrogen-bond acceptors (Lipinski definition) is 4. The summed E-state index contributed by atoms with van der Waals surface area (Å²) in [7, 11) is 0. The first-order chi connectivity index (χ1) is 7.52. The van der Waals surface area contributed by atoms with Crippen molar-refractivity contribution in [3.8, 4) is 0 Å². The maximum Gasteiger partial charge on any atom is 0.272 e. The quantitative estimate of drug-likeness (QED) is 0.690. The first-order valence-electron chi connectivity index (χ1n) is 5.19. The Balaban J connectivity index is 2.57. The molecule has 0 fully saturated rings. The van der Waals surface area contributed by atoms with Crippen molar-refractivity contribution < 1.29 is 9.90 Å². The number of nitrogen functional groups attached to an aromatic ring is 1. The molecule has 1 rings (SSSR count). The molecule has 0 spiro atoms. The second kappa shape index (κ2) is 5.46. The lowest BCUT2D eigenvalue weighted by Crippen LogP contribution is -2.35. The Morgan fingerprint density at radius 2 is 2.31 bits per heavy atom. The third kappa shape index (κ3) is 3.20. The lowest BCUT2D eigenvalue weighted by molar-refractivity contribution is 0.0868. The number of amides is 1. The van der Waals surface area contributed by atoms with Crippen LogP contribution in [0.1, 0.15) is 24.3 Å². The number of anilines is 1. The molecular weight excluding hydrogens is 206 g/mol. The Morgan fingerprint density at radius 1 is 1.62 bits per heavy atom. The number of carbonyl (C=O) groups is 1. The summed E-state index contributed by atoms with van der Waals surface area (Å²) in [5, 5.41) is 12.1. The number of carbonyl (C=O) groups excluding carboxylic acids is 1. The van der Waals surface area contributed by atoms with E-state index in [1.54, 1.807) is 12.1 Å².